The minimum absolute atomic E-state index is 0.164. The molecule has 0 aliphatic carbocycles. The Bertz CT molecular complexity index is 455. The summed E-state index contributed by atoms with van der Waals surface area (Å²) < 4.78 is 5.21. The number of carbonyl (C=O) groups excluding carboxylic acids is 1. The third-order valence-electron chi connectivity index (χ3n) is 4.24. The van der Waals surface area contributed by atoms with Gasteiger partial charge in [0, 0.05) is 51.4 Å². The number of piperazine rings is 1. The highest BCUT2D eigenvalue weighted by Crippen LogP contribution is 2.16. The van der Waals surface area contributed by atoms with Gasteiger partial charge in [0.05, 0.1) is 5.69 Å². The van der Waals surface area contributed by atoms with Gasteiger partial charge in [-0.25, -0.2) is 4.79 Å². The van der Waals surface area contributed by atoms with Gasteiger partial charge in [0.1, 0.15) is 5.76 Å². The van der Waals surface area contributed by atoms with Crippen molar-refractivity contribution in [2.45, 2.75) is 34.2 Å². The number of aromatic nitrogens is 1. The molecule has 2 heterocycles. The summed E-state index contributed by atoms with van der Waals surface area (Å²) in [7, 11) is 0. The lowest BCUT2D eigenvalue weighted by molar-refractivity contribution is 0.112. The quantitative estimate of drug-likeness (QED) is 0.850. The molecule has 21 heavy (non-hydrogen) atoms. The third kappa shape index (κ3) is 3.56. The molecule has 1 saturated heterocycles. The normalized spacial score (nSPS) is 16.3. The Balaban J connectivity index is 1.87. The van der Waals surface area contributed by atoms with Crippen molar-refractivity contribution >= 4 is 6.03 Å². The summed E-state index contributed by atoms with van der Waals surface area (Å²) in [5.41, 5.74) is 2.15. The van der Waals surface area contributed by atoms with Crippen molar-refractivity contribution in [2.75, 3.05) is 39.3 Å². The summed E-state index contributed by atoms with van der Waals surface area (Å²) >= 11 is 0. The first-order valence-corrected chi connectivity index (χ1v) is 7.74. The average Bonchev–Trinajstić information content (AvgIpc) is 2.81. The molecule has 0 N–H and O–H groups in total. The van der Waals surface area contributed by atoms with Crippen molar-refractivity contribution in [1.82, 2.24) is 19.9 Å². The number of hydrogen-bond acceptors (Lipinski definition) is 4. The van der Waals surface area contributed by atoms with Crippen LogP contribution < -0.4 is 0 Å². The van der Waals surface area contributed by atoms with Crippen LogP contribution in [-0.4, -0.2) is 65.2 Å². The molecule has 118 valence electrons. The fourth-order valence-electron chi connectivity index (χ4n) is 2.74. The molecule has 0 bridgehead atoms. The Hall–Kier alpha value is -1.56. The number of carbonyl (C=O) groups is 1. The summed E-state index contributed by atoms with van der Waals surface area (Å²) in [4.78, 5) is 18.5. The van der Waals surface area contributed by atoms with Gasteiger partial charge in [0.2, 0.25) is 0 Å². The topological polar surface area (TPSA) is 52.8 Å². The molecule has 1 aliphatic heterocycles. The van der Waals surface area contributed by atoms with E-state index in [1.807, 2.05) is 37.5 Å². The van der Waals surface area contributed by atoms with Gasteiger partial charge >= 0.3 is 6.03 Å². The Morgan fingerprint density at radius 1 is 1.19 bits per heavy atom. The molecular weight excluding hydrogens is 268 g/mol. The maximum atomic E-state index is 12.3. The van der Waals surface area contributed by atoms with E-state index in [1.165, 1.54) is 5.56 Å². The van der Waals surface area contributed by atoms with Crippen LogP contribution in [0.25, 0.3) is 0 Å². The lowest BCUT2D eigenvalue weighted by atomic mass is 10.2. The number of aryl methyl sites for hydroxylation is 2. The molecule has 1 aromatic heterocycles. The van der Waals surface area contributed by atoms with Crippen LogP contribution in [-0.2, 0) is 6.54 Å². The second-order valence-corrected chi connectivity index (χ2v) is 5.52. The molecule has 1 aromatic rings. The van der Waals surface area contributed by atoms with E-state index in [-0.39, 0.29) is 6.03 Å². The standard InChI is InChI=1S/C15H26N4O2/c1-5-18(6-2)15(20)19-9-7-17(8-10-19)11-14-12(3)16-21-13(14)4/h5-11H2,1-4H3. The lowest BCUT2D eigenvalue weighted by Crippen LogP contribution is -2.52. The van der Waals surface area contributed by atoms with Crippen LogP contribution in [0.3, 0.4) is 0 Å². The molecule has 0 unspecified atom stereocenters. The molecule has 2 amide bonds. The van der Waals surface area contributed by atoms with Crippen LogP contribution in [0.15, 0.2) is 4.52 Å². The second kappa shape index (κ2) is 6.93. The third-order valence-corrected chi connectivity index (χ3v) is 4.24. The van der Waals surface area contributed by atoms with Crippen LogP contribution in [0.2, 0.25) is 0 Å². The Morgan fingerprint density at radius 3 is 2.29 bits per heavy atom. The SMILES string of the molecule is CCN(CC)C(=O)N1CCN(Cc2c(C)noc2C)CC1. The minimum atomic E-state index is 0.164. The van der Waals surface area contributed by atoms with E-state index < -0.39 is 0 Å². The Kier molecular flexibility index (Phi) is 5.22. The molecular formula is C15H26N4O2. The van der Waals surface area contributed by atoms with Crippen LogP contribution in [0.1, 0.15) is 30.9 Å². The number of amides is 2. The first-order valence-electron chi connectivity index (χ1n) is 7.74. The molecule has 0 radical (unpaired) electrons. The van der Waals surface area contributed by atoms with Crippen molar-refractivity contribution in [2.24, 2.45) is 0 Å². The summed E-state index contributed by atoms with van der Waals surface area (Å²) in [5.74, 6) is 0.897. The van der Waals surface area contributed by atoms with Gasteiger partial charge in [-0.3, -0.25) is 4.90 Å². The molecule has 2 rings (SSSR count). The van der Waals surface area contributed by atoms with Crippen molar-refractivity contribution in [3.05, 3.63) is 17.0 Å². The van der Waals surface area contributed by atoms with E-state index in [0.29, 0.717) is 0 Å². The van der Waals surface area contributed by atoms with E-state index >= 15 is 0 Å². The largest absolute Gasteiger partial charge is 0.361 e. The molecule has 0 saturated carbocycles. The molecule has 1 fully saturated rings. The van der Waals surface area contributed by atoms with E-state index in [4.69, 9.17) is 4.52 Å². The zero-order chi connectivity index (χ0) is 15.4. The minimum Gasteiger partial charge on any atom is -0.361 e. The van der Waals surface area contributed by atoms with Gasteiger partial charge in [-0.1, -0.05) is 5.16 Å². The maximum absolute atomic E-state index is 12.3. The van der Waals surface area contributed by atoms with Crippen molar-refractivity contribution < 1.29 is 9.32 Å². The van der Waals surface area contributed by atoms with E-state index in [2.05, 4.69) is 10.1 Å². The molecule has 0 aromatic carbocycles. The summed E-state index contributed by atoms with van der Waals surface area (Å²) in [5, 5.41) is 4.00. The van der Waals surface area contributed by atoms with Crippen LogP contribution in [0, 0.1) is 13.8 Å². The predicted octanol–water partition coefficient (Wildman–Crippen LogP) is 1.87. The van der Waals surface area contributed by atoms with Crippen molar-refractivity contribution in [1.29, 1.82) is 0 Å². The zero-order valence-electron chi connectivity index (χ0n) is 13.6. The van der Waals surface area contributed by atoms with Gasteiger partial charge in [-0.2, -0.15) is 0 Å². The highest BCUT2D eigenvalue weighted by atomic mass is 16.5. The van der Waals surface area contributed by atoms with Crippen LogP contribution in [0.4, 0.5) is 4.79 Å². The maximum Gasteiger partial charge on any atom is 0.320 e. The van der Waals surface area contributed by atoms with Crippen molar-refractivity contribution in [3.8, 4) is 0 Å². The number of nitrogens with zero attached hydrogens (tertiary/aromatic N) is 4. The molecule has 1 aliphatic rings. The van der Waals surface area contributed by atoms with Gasteiger partial charge in [0.25, 0.3) is 0 Å². The van der Waals surface area contributed by atoms with Gasteiger partial charge < -0.3 is 14.3 Å². The zero-order valence-corrected chi connectivity index (χ0v) is 13.6. The second-order valence-electron chi connectivity index (χ2n) is 5.52. The summed E-state index contributed by atoms with van der Waals surface area (Å²) in [6.45, 7) is 13.8. The van der Waals surface area contributed by atoms with Gasteiger partial charge in [0.15, 0.2) is 0 Å². The highest BCUT2D eigenvalue weighted by Gasteiger charge is 2.24. The number of hydrogen-bond donors (Lipinski definition) is 0. The molecule has 6 heteroatoms. The Morgan fingerprint density at radius 2 is 1.81 bits per heavy atom. The fourth-order valence-corrected chi connectivity index (χ4v) is 2.74. The summed E-state index contributed by atoms with van der Waals surface area (Å²) in [6, 6.07) is 0.164. The van der Waals surface area contributed by atoms with E-state index in [9.17, 15) is 4.79 Å². The van der Waals surface area contributed by atoms with Gasteiger partial charge in [-0.15, -0.1) is 0 Å². The van der Waals surface area contributed by atoms with Crippen LogP contribution >= 0.6 is 0 Å². The first-order chi connectivity index (χ1) is 10.1. The summed E-state index contributed by atoms with van der Waals surface area (Å²) in [6.07, 6.45) is 0. The van der Waals surface area contributed by atoms with E-state index in [1.54, 1.807) is 0 Å². The number of rotatable bonds is 4. The Labute approximate surface area is 126 Å². The average molecular weight is 294 g/mol. The number of urea groups is 1. The highest BCUT2D eigenvalue weighted by molar-refractivity contribution is 5.74. The molecule has 0 atom stereocenters. The molecule has 6 nitrogen and oxygen atoms in total. The smallest absolute Gasteiger partial charge is 0.320 e. The lowest BCUT2D eigenvalue weighted by Gasteiger charge is -2.37. The van der Waals surface area contributed by atoms with Gasteiger partial charge in [-0.05, 0) is 27.7 Å². The predicted molar refractivity (Wildman–Crippen MR) is 81.1 cm³/mol. The fraction of sp³-hybridized carbons (Fsp3) is 0.733. The van der Waals surface area contributed by atoms with Crippen molar-refractivity contribution in [3.63, 3.8) is 0 Å². The molecule has 0 spiro atoms. The van der Waals surface area contributed by atoms with E-state index in [0.717, 1.165) is 57.3 Å². The first kappa shape index (κ1) is 15.8. The monoisotopic (exact) mass is 294 g/mol. The van der Waals surface area contributed by atoms with Crippen LogP contribution in [0.5, 0.6) is 0 Å².